The van der Waals surface area contributed by atoms with E-state index in [1.807, 2.05) is 19.1 Å². The van der Waals surface area contributed by atoms with Crippen LogP contribution in [0.1, 0.15) is 60.9 Å². The van der Waals surface area contributed by atoms with Gasteiger partial charge in [-0.2, -0.15) is 0 Å². The highest BCUT2D eigenvalue weighted by molar-refractivity contribution is 5.81. The summed E-state index contributed by atoms with van der Waals surface area (Å²) in [6.45, 7) is 1.83. The van der Waals surface area contributed by atoms with Crippen molar-refractivity contribution in [3.05, 3.63) is 58.7 Å². The predicted octanol–water partition coefficient (Wildman–Crippen LogP) is 4.54. The third kappa shape index (κ3) is 4.01. The Morgan fingerprint density at radius 3 is 2.50 bits per heavy atom. The first-order valence-electron chi connectivity index (χ1n) is 10.4. The molecule has 2 aromatic rings. The van der Waals surface area contributed by atoms with E-state index in [0.717, 1.165) is 43.6 Å². The van der Waals surface area contributed by atoms with Crippen LogP contribution in [0, 0.1) is 0 Å². The molecule has 0 spiro atoms. The Hall–Kier alpha value is -2.49. The molecule has 2 atom stereocenters. The molecule has 4 nitrogen and oxygen atoms in total. The van der Waals surface area contributed by atoms with Gasteiger partial charge in [0.15, 0.2) is 6.10 Å². The van der Waals surface area contributed by atoms with E-state index in [1.54, 1.807) is 7.11 Å². The summed E-state index contributed by atoms with van der Waals surface area (Å²) < 4.78 is 11.3. The van der Waals surface area contributed by atoms with Crippen molar-refractivity contribution in [2.45, 2.75) is 64.0 Å². The summed E-state index contributed by atoms with van der Waals surface area (Å²) in [4.78, 5) is 12.8. The maximum Gasteiger partial charge on any atom is 0.261 e. The second-order valence-corrected chi connectivity index (χ2v) is 7.92. The van der Waals surface area contributed by atoms with E-state index in [1.165, 1.54) is 35.1 Å². The number of carbonyl (C=O) groups excluding carboxylic acids is 1. The molecule has 2 aliphatic carbocycles. The molecule has 4 rings (SSSR count). The number of hydrogen-bond donors (Lipinski definition) is 1. The van der Waals surface area contributed by atoms with Crippen molar-refractivity contribution in [2.24, 2.45) is 0 Å². The predicted molar refractivity (Wildman–Crippen MR) is 110 cm³/mol. The fourth-order valence-electron chi connectivity index (χ4n) is 4.40. The average Bonchev–Trinajstić information content (AvgIpc) is 2.73. The van der Waals surface area contributed by atoms with Crippen LogP contribution in [0.3, 0.4) is 0 Å². The van der Waals surface area contributed by atoms with Gasteiger partial charge in [-0.3, -0.25) is 4.79 Å². The first-order chi connectivity index (χ1) is 13.6. The number of aryl methyl sites for hydroxylation is 3. The lowest BCUT2D eigenvalue weighted by Gasteiger charge is -2.28. The van der Waals surface area contributed by atoms with Gasteiger partial charge in [0.25, 0.3) is 5.91 Å². The summed E-state index contributed by atoms with van der Waals surface area (Å²) in [5.41, 5.74) is 5.25. The summed E-state index contributed by atoms with van der Waals surface area (Å²) in [5, 5.41) is 3.19. The normalized spacial score (nSPS) is 19.1. The van der Waals surface area contributed by atoms with Crippen molar-refractivity contribution in [1.29, 1.82) is 0 Å². The average molecular weight is 380 g/mol. The zero-order chi connectivity index (χ0) is 19.5. The highest BCUT2D eigenvalue weighted by Crippen LogP contribution is 2.32. The van der Waals surface area contributed by atoms with Gasteiger partial charge < -0.3 is 14.8 Å². The summed E-state index contributed by atoms with van der Waals surface area (Å²) in [7, 11) is 1.68. The molecule has 0 unspecified atom stereocenters. The van der Waals surface area contributed by atoms with E-state index in [4.69, 9.17) is 9.47 Å². The standard InChI is InChI=1S/C24H29NO3/c1-16(28-21-11-10-17-6-3-4-7-18(17)14-21)24(26)25-23-9-5-8-19-15-20(27-2)12-13-22(19)23/h10-16,23H,3-9H2,1-2H3,(H,25,26)/t16-,23-/m1/s1. The van der Waals surface area contributed by atoms with Crippen LogP contribution in [0.15, 0.2) is 36.4 Å². The molecule has 0 aromatic heterocycles. The fourth-order valence-corrected chi connectivity index (χ4v) is 4.40. The van der Waals surface area contributed by atoms with E-state index in [9.17, 15) is 4.79 Å². The summed E-state index contributed by atoms with van der Waals surface area (Å²) in [6, 6.07) is 12.4. The molecule has 0 heterocycles. The minimum absolute atomic E-state index is 0.0386. The highest BCUT2D eigenvalue weighted by atomic mass is 16.5. The zero-order valence-electron chi connectivity index (χ0n) is 16.8. The van der Waals surface area contributed by atoms with Gasteiger partial charge in [-0.15, -0.1) is 0 Å². The molecule has 0 saturated heterocycles. The van der Waals surface area contributed by atoms with Crippen LogP contribution >= 0.6 is 0 Å². The SMILES string of the molecule is COc1ccc2c(c1)CCC[C@H]2NC(=O)[C@@H](C)Oc1ccc2c(c1)CCCC2. The van der Waals surface area contributed by atoms with Gasteiger partial charge in [0.1, 0.15) is 11.5 Å². The molecule has 1 N–H and O–H groups in total. The zero-order valence-corrected chi connectivity index (χ0v) is 16.8. The molecular formula is C24H29NO3. The number of carbonyl (C=O) groups is 1. The maximum atomic E-state index is 12.8. The number of nitrogens with one attached hydrogen (secondary N) is 1. The Morgan fingerprint density at radius 2 is 1.68 bits per heavy atom. The van der Waals surface area contributed by atoms with Crippen molar-refractivity contribution >= 4 is 5.91 Å². The molecular weight excluding hydrogens is 350 g/mol. The number of benzene rings is 2. The summed E-state index contributed by atoms with van der Waals surface area (Å²) in [5.74, 6) is 1.60. The maximum absolute atomic E-state index is 12.8. The molecule has 0 aliphatic heterocycles. The molecule has 28 heavy (non-hydrogen) atoms. The van der Waals surface area contributed by atoms with Gasteiger partial charge in [-0.1, -0.05) is 12.1 Å². The third-order valence-electron chi connectivity index (χ3n) is 5.98. The molecule has 0 bridgehead atoms. The van der Waals surface area contributed by atoms with E-state index in [2.05, 4.69) is 29.6 Å². The van der Waals surface area contributed by atoms with Crippen LogP contribution in [0.2, 0.25) is 0 Å². The lowest BCUT2D eigenvalue weighted by molar-refractivity contribution is -0.128. The third-order valence-corrected chi connectivity index (χ3v) is 5.98. The smallest absolute Gasteiger partial charge is 0.261 e. The van der Waals surface area contributed by atoms with Crippen LogP contribution in [0.4, 0.5) is 0 Å². The van der Waals surface area contributed by atoms with Crippen LogP contribution < -0.4 is 14.8 Å². The van der Waals surface area contributed by atoms with Crippen molar-refractivity contribution in [1.82, 2.24) is 5.32 Å². The lowest BCUT2D eigenvalue weighted by atomic mass is 9.87. The van der Waals surface area contributed by atoms with Gasteiger partial charge in [-0.25, -0.2) is 0 Å². The molecule has 0 radical (unpaired) electrons. The fraction of sp³-hybridized carbons (Fsp3) is 0.458. The Balaban J connectivity index is 1.41. The van der Waals surface area contributed by atoms with Crippen LogP contribution in [0.25, 0.3) is 0 Å². The molecule has 1 amide bonds. The van der Waals surface area contributed by atoms with Crippen LogP contribution in [-0.2, 0) is 24.1 Å². The van der Waals surface area contributed by atoms with Crippen molar-refractivity contribution in [3.8, 4) is 11.5 Å². The number of rotatable bonds is 5. The molecule has 2 aromatic carbocycles. The molecule has 0 fully saturated rings. The monoisotopic (exact) mass is 379 g/mol. The summed E-state index contributed by atoms with van der Waals surface area (Å²) in [6.07, 6.45) is 7.28. The van der Waals surface area contributed by atoms with E-state index < -0.39 is 6.10 Å². The Morgan fingerprint density at radius 1 is 0.964 bits per heavy atom. The van der Waals surface area contributed by atoms with Crippen molar-refractivity contribution in [3.63, 3.8) is 0 Å². The van der Waals surface area contributed by atoms with Gasteiger partial charge in [0, 0.05) is 0 Å². The Labute approximate surface area is 167 Å². The Bertz CT molecular complexity index is 861. The molecule has 148 valence electrons. The van der Waals surface area contributed by atoms with E-state index >= 15 is 0 Å². The number of amides is 1. The van der Waals surface area contributed by atoms with Crippen molar-refractivity contribution < 1.29 is 14.3 Å². The number of ether oxygens (including phenoxy) is 2. The van der Waals surface area contributed by atoms with Gasteiger partial charge in [-0.05, 0) is 98.4 Å². The van der Waals surface area contributed by atoms with Crippen LogP contribution in [0.5, 0.6) is 11.5 Å². The van der Waals surface area contributed by atoms with Crippen LogP contribution in [-0.4, -0.2) is 19.1 Å². The molecule has 0 saturated carbocycles. The minimum atomic E-state index is -0.523. The van der Waals surface area contributed by atoms with Crippen molar-refractivity contribution in [2.75, 3.05) is 7.11 Å². The molecule has 2 aliphatic rings. The quantitative estimate of drug-likeness (QED) is 0.830. The first kappa shape index (κ1) is 18.9. The van der Waals surface area contributed by atoms with Gasteiger partial charge in [0.05, 0.1) is 13.2 Å². The second kappa shape index (κ2) is 8.26. The Kier molecular flexibility index (Phi) is 5.56. The topological polar surface area (TPSA) is 47.6 Å². The lowest BCUT2D eigenvalue weighted by Crippen LogP contribution is -2.39. The highest BCUT2D eigenvalue weighted by Gasteiger charge is 2.25. The van der Waals surface area contributed by atoms with Gasteiger partial charge in [0.2, 0.25) is 0 Å². The number of fused-ring (bicyclic) bond motifs is 2. The van der Waals surface area contributed by atoms with E-state index in [-0.39, 0.29) is 11.9 Å². The first-order valence-corrected chi connectivity index (χ1v) is 10.4. The largest absolute Gasteiger partial charge is 0.497 e. The van der Waals surface area contributed by atoms with Gasteiger partial charge >= 0.3 is 0 Å². The second-order valence-electron chi connectivity index (χ2n) is 7.92. The summed E-state index contributed by atoms with van der Waals surface area (Å²) >= 11 is 0. The molecule has 4 heteroatoms. The minimum Gasteiger partial charge on any atom is -0.497 e. The number of methoxy groups -OCH3 is 1. The van der Waals surface area contributed by atoms with E-state index in [0.29, 0.717) is 0 Å². The number of hydrogen-bond acceptors (Lipinski definition) is 3.